The fourth-order valence-corrected chi connectivity index (χ4v) is 5.44. The Morgan fingerprint density at radius 2 is 1.79 bits per heavy atom. The van der Waals surface area contributed by atoms with Gasteiger partial charge in [0.2, 0.25) is 5.78 Å². The number of hydrogen-bond donors (Lipinski definition) is 1. The van der Waals surface area contributed by atoms with Gasteiger partial charge in [0.1, 0.15) is 0 Å². The van der Waals surface area contributed by atoms with Gasteiger partial charge < -0.3 is 14.7 Å². The van der Waals surface area contributed by atoms with Crippen LogP contribution in [0, 0.1) is 13.8 Å². The number of aliphatic hydroxyl groups is 1. The van der Waals surface area contributed by atoms with Crippen LogP contribution in [0.1, 0.15) is 58.3 Å². The Labute approximate surface area is 205 Å². The van der Waals surface area contributed by atoms with E-state index in [1.54, 1.807) is 11.8 Å². The molecule has 1 unspecified atom stereocenters. The minimum atomic E-state index is -0.642. The third-order valence-electron chi connectivity index (χ3n) is 6.51. The van der Waals surface area contributed by atoms with E-state index in [1.165, 1.54) is 11.3 Å². The van der Waals surface area contributed by atoms with Gasteiger partial charge in [-0.15, -0.1) is 11.3 Å². The topological polar surface area (TPSA) is 83.0 Å². The van der Waals surface area contributed by atoms with E-state index in [0.717, 1.165) is 29.2 Å². The molecule has 1 fully saturated rings. The molecule has 1 amide bonds. The summed E-state index contributed by atoms with van der Waals surface area (Å²) in [6.45, 7) is 14.1. The zero-order chi connectivity index (χ0) is 24.6. The maximum Gasteiger partial charge on any atom is 0.290 e. The van der Waals surface area contributed by atoms with E-state index in [9.17, 15) is 14.7 Å². The molecule has 0 bridgehead atoms. The lowest BCUT2D eigenvalue weighted by Crippen LogP contribution is -2.43. The fraction of sp³-hybridized carbons (Fsp3) is 0.500. The Morgan fingerprint density at radius 1 is 1.15 bits per heavy atom. The summed E-state index contributed by atoms with van der Waals surface area (Å²) < 4.78 is 5.43. The first-order chi connectivity index (χ1) is 16.1. The molecule has 0 aliphatic carbocycles. The molecule has 4 rings (SSSR count). The summed E-state index contributed by atoms with van der Waals surface area (Å²) in [7, 11) is 0. The quantitative estimate of drug-likeness (QED) is 0.626. The molecule has 1 aromatic heterocycles. The van der Waals surface area contributed by atoms with E-state index in [-0.39, 0.29) is 16.8 Å². The van der Waals surface area contributed by atoms with E-state index in [4.69, 9.17) is 4.74 Å². The Bertz CT molecular complexity index is 1110. The number of benzene rings is 1. The first-order valence-electron chi connectivity index (χ1n) is 11.7. The van der Waals surface area contributed by atoms with Crippen LogP contribution in [-0.4, -0.2) is 71.0 Å². The molecule has 0 saturated carbocycles. The third-order valence-corrected chi connectivity index (χ3v) is 7.58. The maximum absolute atomic E-state index is 13.6. The van der Waals surface area contributed by atoms with Crippen molar-refractivity contribution in [2.75, 3.05) is 39.4 Å². The second-order valence-electron chi connectivity index (χ2n) is 9.97. The summed E-state index contributed by atoms with van der Waals surface area (Å²) in [5.41, 5.74) is 2.72. The van der Waals surface area contributed by atoms with Gasteiger partial charge in [-0.25, -0.2) is 4.98 Å². The van der Waals surface area contributed by atoms with Crippen LogP contribution < -0.4 is 0 Å². The molecule has 2 aliphatic rings. The summed E-state index contributed by atoms with van der Waals surface area (Å²) in [4.78, 5) is 35.6. The second kappa shape index (κ2) is 9.60. The normalized spacial score (nSPS) is 19.9. The van der Waals surface area contributed by atoms with Crippen molar-refractivity contribution in [2.45, 2.75) is 46.1 Å². The molecule has 1 atom stereocenters. The maximum atomic E-state index is 13.6. The van der Waals surface area contributed by atoms with Gasteiger partial charge in [-0.2, -0.15) is 0 Å². The Kier molecular flexibility index (Phi) is 6.94. The average Bonchev–Trinajstić information content (AvgIpc) is 3.27. The number of nitrogens with zero attached hydrogens (tertiary/aromatic N) is 3. The number of carbonyl (C=O) groups is 2. The van der Waals surface area contributed by atoms with Crippen molar-refractivity contribution in [3.63, 3.8) is 0 Å². The van der Waals surface area contributed by atoms with Gasteiger partial charge in [-0.1, -0.05) is 45.0 Å². The first-order valence-corrected chi connectivity index (χ1v) is 12.5. The highest BCUT2D eigenvalue weighted by molar-refractivity contribution is 7.14. The highest BCUT2D eigenvalue weighted by Crippen LogP contribution is 2.40. The lowest BCUT2D eigenvalue weighted by atomic mass is 9.85. The minimum Gasteiger partial charge on any atom is -0.503 e. The number of amides is 1. The number of thiazole rings is 1. The third kappa shape index (κ3) is 4.80. The number of aliphatic hydroxyl groups excluding tert-OH is 1. The summed E-state index contributed by atoms with van der Waals surface area (Å²) >= 11 is 1.30. The van der Waals surface area contributed by atoms with Crippen LogP contribution in [-0.2, 0) is 14.9 Å². The molecule has 0 spiro atoms. The van der Waals surface area contributed by atoms with Crippen LogP contribution >= 0.6 is 11.3 Å². The number of rotatable bonds is 6. The lowest BCUT2D eigenvalue weighted by molar-refractivity contribution is -0.129. The van der Waals surface area contributed by atoms with Gasteiger partial charge in [-0.3, -0.25) is 14.5 Å². The number of ketones is 1. The predicted octanol–water partition coefficient (Wildman–Crippen LogP) is 3.97. The highest BCUT2D eigenvalue weighted by Gasteiger charge is 2.44. The van der Waals surface area contributed by atoms with E-state index < -0.39 is 17.7 Å². The zero-order valence-electron chi connectivity index (χ0n) is 20.6. The molecular formula is C26H33N3O4S. The molecule has 1 aromatic carbocycles. The molecule has 2 aliphatic heterocycles. The molecule has 7 nitrogen and oxygen atoms in total. The van der Waals surface area contributed by atoms with E-state index in [2.05, 4.69) is 30.7 Å². The summed E-state index contributed by atoms with van der Waals surface area (Å²) in [6.07, 6.45) is 0. The van der Waals surface area contributed by atoms with Gasteiger partial charge in [0.25, 0.3) is 5.91 Å². The minimum absolute atomic E-state index is 0.0199. The molecule has 182 valence electrons. The average molecular weight is 484 g/mol. The van der Waals surface area contributed by atoms with Crippen LogP contribution in [0.5, 0.6) is 0 Å². The number of ether oxygens (including phenoxy) is 1. The van der Waals surface area contributed by atoms with Gasteiger partial charge in [-0.05, 0) is 30.4 Å². The number of morpholine rings is 1. The molecule has 0 radical (unpaired) electrons. The Hall–Kier alpha value is -2.55. The number of Topliss-reactive ketones (excluding diaryl/α,β-unsaturated/α-hetero) is 1. The van der Waals surface area contributed by atoms with Gasteiger partial charge >= 0.3 is 0 Å². The molecule has 1 saturated heterocycles. The van der Waals surface area contributed by atoms with Crippen molar-refractivity contribution in [3.8, 4) is 0 Å². The number of aromatic nitrogens is 1. The Morgan fingerprint density at radius 3 is 2.35 bits per heavy atom. The number of carbonyl (C=O) groups excluding carboxylic acids is 2. The summed E-state index contributed by atoms with van der Waals surface area (Å²) in [5, 5.41) is 11.7. The Balaban J connectivity index is 1.71. The highest BCUT2D eigenvalue weighted by atomic mass is 32.1. The van der Waals surface area contributed by atoms with Crippen molar-refractivity contribution < 1.29 is 19.4 Å². The molecular weight excluding hydrogens is 450 g/mol. The molecule has 2 aromatic rings. The standard InChI is InChI=1S/C26H33N3O4S/c1-16-24(34-17(2)27-16)22(30)20-21(18-6-8-19(9-7-18)26(3,4)5)29(25(32)23(20)31)11-10-28-12-14-33-15-13-28/h6-9,21,31H,10-15H2,1-5H3. The molecule has 8 heteroatoms. The van der Waals surface area contributed by atoms with E-state index in [0.29, 0.717) is 36.9 Å². The fourth-order valence-electron chi connectivity index (χ4n) is 4.57. The van der Waals surface area contributed by atoms with E-state index in [1.807, 2.05) is 31.2 Å². The number of aryl methyl sites for hydroxylation is 2. The van der Waals surface area contributed by atoms with Gasteiger partial charge in [0.15, 0.2) is 5.76 Å². The SMILES string of the molecule is Cc1nc(C)c(C(=O)C2=C(O)C(=O)N(CCN3CCOCC3)C2c2ccc(C(C)(C)C)cc2)s1. The number of hydrogen-bond acceptors (Lipinski definition) is 7. The predicted molar refractivity (Wildman–Crippen MR) is 132 cm³/mol. The van der Waals surface area contributed by atoms with Crippen molar-refractivity contribution in [3.05, 3.63) is 62.3 Å². The molecule has 3 heterocycles. The first kappa shape index (κ1) is 24.6. The van der Waals surface area contributed by atoms with Crippen molar-refractivity contribution >= 4 is 23.0 Å². The monoisotopic (exact) mass is 483 g/mol. The van der Waals surface area contributed by atoms with Crippen LogP contribution in [0.3, 0.4) is 0 Å². The molecule has 1 N–H and O–H groups in total. The zero-order valence-corrected chi connectivity index (χ0v) is 21.4. The van der Waals surface area contributed by atoms with Crippen molar-refractivity contribution in [1.29, 1.82) is 0 Å². The van der Waals surface area contributed by atoms with Crippen LogP contribution in [0.25, 0.3) is 0 Å². The van der Waals surface area contributed by atoms with Crippen molar-refractivity contribution in [1.82, 2.24) is 14.8 Å². The lowest BCUT2D eigenvalue weighted by Gasteiger charge is -2.32. The van der Waals surface area contributed by atoms with Crippen LogP contribution in [0.15, 0.2) is 35.6 Å². The van der Waals surface area contributed by atoms with Crippen LogP contribution in [0.4, 0.5) is 0 Å². The largest absolute Gasteiger partial charge is 0.503 e. The second-order valence-corrected chi connectivity index (χ2v) is 11.2. The van der Waals surface area contributed by atoms with E-state index >= 15 is 0 Å². The van der Waals surface area contributed by atoms with Crippen LogP contribution in [0.2, 0.25) is 0 Å². The van der Waals surface area contributed by atoms with Crippen molar-refractivity contribution in [2.24, 2.45) is 0 Å². The van der Waals surface area contributed by atoms with Gasteiger partial charge in [0, 0.05) is 26.2 Å². The summed E-state index contributed by atoms with van der Waals surface area (Å²) in [6, 6.07) is 7.38. The smallest absolute Gasteiger partial charge is 0.290 e. The summed E-state index contributed by atoms with van der Waals surface area (Å²) in [5.74, 6) is -1.28. The van der Waals surface area contributed by atoms with Gasteiger partial charge in [0.05, 0.1) is 40.4 Å². The molecule has 34 heavy (non-hydrogen) atoms.